The van der Waals surface area contributed by atoms with Crippen LogP contribution in [0, 0.1) is 5.41 Å². The lowest BCUT2D eigenvalue weighted by Crippen LogP contribution is -2.43. The average Bonchev–Trinajstić information content (AvgIpc) is 2.99. The minimum atomic E-state index is -2.67. The first-order valence-corrected chi connectivity index (χ1v) is 19.8. The second kappa shape index (κ2) is 22.6. The van der Waals surface area contributed by atoms with Crippen LogP contribution in [0.4, 0.5) is 0 Å². The molecule has 0 aliphatic heterocycles. The highest BCUT2D eigenvalue weighted by molar-refractivity contribution is 6.61. The van der Waals surface area contributed by atoms with Crippen LogP contribution < -0.4 is 0 Å². The molecular formula is C25H58O13Si3. The third-order valence-electron chi connectivity index (χ3n) is 7.07. The maximum atomic E-state index is 10.4. The van der Waals surface area contributed by atoms with Gasteiger partial charge in [-0.05, 0) is 32.6 Å². The van der Waals surface area contributed by atoms with Gasteiger partial charge >= 0.3 is 26.4 Å². The van der Waals surface area contributed by atoms with Crippen molar-refractivity contribution in [3.63, 3.8) is 0 Å². The summed E-state index contributed by atoms with van der Waals surface area (Å²) in [6.07, 6.45) is 1.96. The normalized spacial score (nSPS) is 14.1. The molecule has 0 aromatic carbocycles. The molecular weight excluding hydrogens is 593 g/mol. The molecule has 0 rings (SSSR count). The first kappa shape index (κ1) is 41.1. The summed E-state index contributed by atoms with van der Waals surface area (Å²) in [7, 11) is 6.35. The molecule has 0 heterocycles. The topological polar surface area (TPSA) is 131 Å². The zero-order valence-electron chi connectivity index (χ0n) is 27.1. The number of aliphatic hydroxyl groups is 1. The molecule has 41 heavy (non-hydrogen) atoms. The van der Waals surface area contributed by atoms with E-state index in [1.165, 1.54) is 0 Å². The number of ether oxygens (including phenoxy) is 3. The highest BCUT2D eigenvalue weighted by Gasteiger charge is 2.39. The van der Waals surface area contributed by atoms with E-state index < -0.39 is 37.9 Å². The summed E-state index contributed by atoms with van der Waals surface area (Å²) >= 11 is 0. The summed E-state index contributed by atoms with van der Waals surface area (Å²) in [6.45, 7) is 4.21. The fourth-order valence-corrected chi connectivity index (χ4v) is 9.70. The molecule has 0 saturated carbocycles. The molecule has 16 heteroatoms. The zero-order valence-corrected chi connectivity index (χ0v) is 30.1. The van der Waals surface area contributed by atoms with Crippen molar-refractivity contribution in [3.8, 4) is 0 Å². The van der Waals surface area contributed by atoms with Crippen LogP contribution >= 0.6 is 0 Å². The summed E-state index contributed by atoms with van der Waals surface area (Å²) in [5, 5.41) is 10.4. The highest BCUT2D eigenvalue weighted by Crippen LogP contribution is 2.28. The molecule has 1 unspecified atom stereocenters. The van der Waals surface area contributed by atoms with E-state index in [-0.39, 0.29) is 0 Å². The Morgan fingerprint density at radius 2 is 0.732 bits per heavy atom. The van der Waals surface area contributed by atoms with E-state index in [1.807, 2.05) is 0 Å². The van der Waals surface area contributed by atoms with Crippen molar-refractivity contribution >= 4 is 26.4 Å². The smallest absolute Gasteiger partial charge is 0.393 e. The van der Waals surface area contributed by atoms with Gasteiger partial charge in [0.15, 0.2) is 0 Å². The Morgan fingerprint density at radius 1 is 0.488 bits per heavy atom. The summed E-state index contributed by atoms with van der Waals surface area (Å²) < 4.78 is 67.9. The van der Waals surface area contributed by atoms with Crippen molar-refractivity contribution in [1.82, 2.24) is 0 Å². The number of rotatable bonds is 29. The van der Waals surface area contributed by atoms with Gasteiger partial charge in [0.05, 0.1) is 25.9 Å². The minimum Gasteiger partial charge on any atom is -0.393 e. The Hall–Kier alpha value is 0.131. The lowest BCUT2D eigenvalue weighted by molar-refractivity contribution is -0.0879. The first-order valence-electron chi connectivity index (χ1n) is 14.0. The summed E-state index contributed by atoms with van der Waals surface area (Å²) in [5.41, 5.74) is -0.566. The molecule has 248 valence electrons. The van der Waals surface area contributed by atoms with Gasteiger partial charge in [-0.15, -0.1) is 0 Å². The summed E-state index contributed by atoms with van der Waals surface area (Å²) in [5.74, 6) is 0. The summed E-state index contributed by atoms with van der Waals surface area (Å²) in [4.78, 5) is 0. The predicted octanol–water partition coefficient (Wildman–Crippen LogP) is 2.60. The Labute approximate surface area is 251 Å². The molecule has 0 radical (unpaired) electrons. The molecule has 0 aromatic heterocycles. The SMILES string of the molecule is CO[Si](CCCOCC(COCCC[Si](OC)(OC)OC)(COCCC[Si](OC)(OC)OC)CC(C)O)(OC)OC. The van der Waals surface area contributed by atoms with Gasteiger partial charge in [-0.2, -0.15) is 0 Å². The van der Waals surface area contributed by atoms with Crippen molar-refractivity contribution in [2.75, 3.05) is 104 Å². The minimum absolute atomic E-state index is 0.346. The summed E-state index contributed by atoms with van der Waals surface area (Å²) in [6, 6.07) is 1.88. The highest BCUT2D eigenvalue weighted by atomic mass is 28.4. The van der Waals surface area contributed by atoms with Crippen molar-refractivity contribution in [2.45, 2.75) is 56.8 Å². The Kier molecular flexibility index (Phi) is 22.7. The van der Waals surface area contributed by atoms with E-state index in [0.717, 1.165) is 0 Å². The van der Waals surface area contributed by atoms with Crippen LogP contribution in [0.25, 0.3) is 0 Å². The fourth-order valence-electron chi connectivity index (χ4n) is 4.64. The van der Waals surface area contributed by atoms with Crippen molar-refractivity contribution in [3.05, 3.63) is 0 Å². The molecule has 0 saturated heterocycles. The first-order chi connectivity index (χ1) is 19.6. The van der Waals surface area contributed by atoms with Crippen LogP contribution in [0.5, 0.6) is 0 Å². The number of aliphatic hydroxyl groups excluding tert-OH is 1. The zero-order chi connectivity index (χ0) is 31.3. The van der Waals surface area contributed by atoms with Gasteiger partial charge < -0.3 is 59.2 Å². The van der Waals surface area contributed by atoms with Crippen LogP contribution in [0.15, 0.2) is 0 Å². The van der Waals surface area contributed by atoms with E-state index >= 15 is 0 Å². The molecule has 0 bridgehead atoms. The van der Waals surface area contributed by atoms with Gasteiger partial charge in [0.2, 0.25) is 0 Å². The third-order valence-corrected chi connectivity index (χ3v) is 15.6. The lowest BCUT2D eigenvalue weighted by atomic mass is 9.84. The van der Waals surface area contributed by atoms with Crippen LogP contribution in [0.2, 0.25) is 18.1 Å². The van der Waals surface area contributed by atoms with E-state index in [4.69, 9.17) is 54.0 Å². The number of hydrogen-bond donors (Lipinski definition) is 1. The molecule has 0 fully saturated rings. The molecule has 0 aliphatic rings. The standard InChI is InChI=1S/C25H58O13Si3/c1-24(26)20-25(21-36-14-11-17-39(27-2,28-3)29-4,22-37-15-12-18-40(30-5,31-6)32-7)23-38-16-13-19-41(33-8,34-9)35-10/h24,26H,11-23H2,1-10H3. The molecule has 0 spiro atoms. The lowest BCUT2D eigenvalue weighted by Gasteiger charge is -2.35. The molecule has 13 nitrogen and oxygen atoms in total. The maximum absolute atomic E-state index is 10.4. The van der Waals surface area contributed by atoms with E-state index in [1.54, 1.807) is 70.9 Å². The monoisotopic (exact) mass is 650 g/mol. The molecule has 1 N–H and O–H groups in total. The van der Waals surface area contributed by atoms with Gasteiger partial charge in [0.25, 0.3) is 0 Å². The van der Waals surface area contributed by atoms with Crippen LogP contribution in [-0.4, -0.2) is 141 Å². The van der Waals surface area contributed by atoms with Crippen molar-refractivity contribution < 1.29 is 59.2 Å². The Morgan fingerprint density at radius 3 is 0.927 bits per heavy atom. The largest absolute Gasteiger partial charge is 0.500 e. The number of hydrogen-bond acceptors (Lipinski definition) is 13. The fraction of sp³-hybridized carbons (Fsp3) is 1.00. The van der Waals surface area contributed by atoms with Crippen LogP contribution in [0.3, 0.4) is 0 Å². The van der Waals surface area contributed by atoms with Crippen molar-refractivity contribution in [1.29, 1.82) is 0 Å². The maximum Gasteiger partial charge on any atom is 0.500 e. The van der Waals surface area contributed by atoms with Gasteiger partial charge in [-0.3, -0.25) is 0 Å². The second-order valence-corrected chi connectivity index (χ2v) is 19.2. The van der Waals surface area contributed by atoms with Gasteiger partial charge in [0, 0.05) is 107 Å². The second-order valence-electron chi connectivity index (χ2n) is 9.91. The van der Waals surface area contributed by atoms with E-state index in [2.05, 4.69) is 0 Å². The average molecular weight is 651 g/mol. The molecule has 1 atom stereocenters. The molecule has 0 aromatic rings. The molecule has 0 amide bonds. The van der Waals surface area contributed by atoms with E-state index in [0.29, 0.717) is 83.5 Å². The Bertz CT molecular complexity index is 523. The van der Waals surface area contributed by atoms with Gasteiger partial charge in [-0.25, -0.2) is 0 Å². The van der Waals surface area contributed by atoms with Gasteiger partial charge in [-0.1, -0.05) is 0 Å². The quantitative estimate of drug-likeness (QED) is 0.0941. The van der Waals surface area contributed by atoms with Gasteiger partial charge in [0.1, 0.15) is 0 Å². The van der Waals surface area contributed by atoms with Crippen molar-refractivity contribution in [2.24, 2.45) is 5.41 Å². The van der Waals surface area contributed by atoms with Crippen LogP contribution in [0.1, 0.15) is 32.6 Å². The molecule has 0 aliphatic carbocycles. The van der Waals surface area contributed by atoms with Crippen LogP contribution in [-0.2, 0) is 54.0 Å². The Balaban J connectivity index is 5.28. The predicted molar refractivity (Wildman–Crippen MR) is 160 cm³/mol. The third kappa shape index (κ3) is 15.1. The van der Waals surface area contributed by atoms with E-state index in [9.17, 15) is 5.11 Å².